The van der Waals surface area contributed by atoms with Gasteiger partial charge in [-0.1, -0.05) is 19.9 Å². The molecule has 2 aliphatic rings. The minimum atomic E-state index is -0.895. The fourth-order valence-corrected chi connectivity index (χ4v) is 5.45. The lowest BCUT2D eigenvalue weighted by Crippen LogP contribution is -2.46. The highest BCUT2D eigenvalue weighted by Crippen LogP contribution is 2.54. The summed E-state index contributed by atoms with van der Waals surface area (Å²) in [5.74, 6) is -1.60. The van der Waals surface area contributed by atoms with Gasteiger partial charge in [0.15, 0.2) is 11.6 Å². The van der Waals surface area contributed by atoms with Crippen LogP contribution in [0.25, 0.3) is 16.6 Å². The van der Waals surface area contributed by atoms with Crippen LogP contribution in [-0.4, -0.2) is 29.5 Å². The van der Waals surface area contributed by atoms with Crippen molar-refractivity contribution < 1.29 is 23.4 Å². The van der Waals surface area contributed by atoms with Gasteiger partial charge in [-0.05, 0) is 49.9 Å². The van der Waals surface area contributed by atoms with Crippen molar-refractivity contribution in [1.82, 2.24) is 4.57 Å². The van der Waals surface area contributed by atoms with Gasteiger partial charge in [0.2, 0.25) is 0 Å². The van der Waals surface area contributed by atoms with Gasteiger partial charge in [0, 0.05) is 40.9 Å². The maximum Gasteiger partial charge on any atom is 0.160 e. The van der Waals surface area contributed by atoms with Crippen molar-refractivity contribution >= 4 is 10.9 Å². The summed E-state index contributed by atoms with van der Waals surface area (Å²) in [5.41, 5.74) is 2.32. The predicted molar refractivity (Wildman–Crippen MR) is 115 cm³/mol. The third-order valence-electron chi connectivity index (χ3n) is 7.01. The van der Waals surface area contributed by atoms with E-state index in [1.54, 1.807) is 25.3 Å². The molecule has 0 saturated heterocycles. The van der Waals surface area contributed by atoms with Crippen molar-refractivity contribution in [2.24, 2.45) is 0 Å². The molecule has 4 nitrogen and oxygen atoms in total. The number of phenolic OH excluding ortho intramolecular Hbond substituents is 1. The molecular weight excluding hydrogens is 400 g/mol. The van der Waals surface area contributed by atoms with E-state index in [-0.39, 0.29) is 11.9 Å². The molecule has 164 valence electrons. The summed E-state index contributed by atoms with van der Waals surface area (Å²) >= 11 is 0. The van der Waals surface area contributed by atoms with Gasteiger partial charge in [0.1, 0.15) is 5.75 Å². The van der Waals surface area contributed by atoms with Crippen molar-refractivity contribution in [2.75, 3.05) is 13.7 Å². The molecule has 0 unspecified atom stereocenters. The number of hydrogen-bond donors (Lipinski definition) is 1. The summed E-state index contributed by atoms with van der Waals surface area (Å²) in [6.07, 6.45) is 3.48. The Morgan fingerprint density at radius 2 is 1.84 bits per heavy atom. The lowest BCUT2D eigenvalue weighted by atomic mass is 9.71. The van der Waals surface area contributed by atoms with Gasteiger partial charge in [-0.3, -0.25) is 0 Å². The molecule has 1 aliphatic carbocycles. The van der Waals surface area contributed by atoms with Crippen LogP contribution in [0.15, 0.2) is 36.4 Å². The van der Waals surface area contributed by atoms with Crippen LogP contribution in [0.5, 0.6) is 5.75 Å². The maximum absolute atomic E-state index is 14.2. The number of methoxy groups -OCH3 is 1. The monoisotopic (exact) mass is 427 g/mol. The van der Waals surface area contributed by atoms with Gasteiger partial charge < -0.3 is 19.1 Å². The lowest BCUT2D eigenvalue weighted by molar-refractivity contribution is -0.123. The standard InChI is InChI=1S/C25H27F2NO3/c1-24(2)14-31-25(11-9-16(30-3)10-12-25)22-21-19(5-4-6-20(21)29)28(23(22)24)15-7-8-17(26)18(27)13-15/h4-8,13,16,29H,9-12,14H2,1-3H3. The van der Waals surface area contributed by atoms with Crippen molar-refractivity contribution in [3.05, 3.63) is 59.3 Å². The number of aromatic hydroxyl groups is 1. The molecule has 2 aromatic carbocycles. The van der Waals surface area contributed by atoms with E-state index in [1.807, 2.05) is 10.6 Å². The molecule has 3 aromatic rings. The number of halogens is 2. The Morgan fingerprint density at radius 1 is 1.10 bits per heavy atom. The highest BCUT2D eigenvalue weighted by Gasteiger charge is 2.50. The van der Waals surface area contributed by atoms with E-state index in [0.29, 0.717) is 12.3 Å². The quantitative estimate of drug-likeness (QED) is 0.570. The van der Waals surface area contributed by atoms with E-state index >= 15 is 0 Å². The lowest BCUT2D eigenvalue weighted by Gasteiger charge is -2.47. The molecule has 0 radical (unpaired) electrons. The first kappa shape index (κ1) is 20.5. The zero-order chi connectivity index (χ0) is 22.0. The zero-order valence-corrected chi connectivity index (χ0v) is 18.0. The second-order valence-electron chi connectivity index (χ2n) is 9.43. The van der Waals surface area contributed by atoms with Crippen LogP contribution in [0.1, 0.15) is 50.8 Å². The molecule has 6 heteroatoms. The van der Waals surface area contributed by atoms with Crippen molar-refractivity contribution in [1.29, 1.82) is 0 Å². The van der Waals surface area contributed by atoms with Crippen molar-refractivity contribution in [3.8, 4) is 11.4 Å². The fourth-order valence-electron chi connectivity index (χ4n) is 5.45. The molecular formula is C25H27F2NO3. The van der Waals surface area contributed by atoms with E-state index in [1.165, 1.54) is 6.07 Å². The zero-order valence-electron chi connectivity index (χ0n) is 18.0. The van der Waals surface area contributed by atoms with Gasteiger partial charge >= 0.3 is 0 Å². The van der Waals surface area contributed by atoms with E-state index < -0.39 is 22.7 Å². The number of nitrogens with zero attached hydrogens (tertiary/aromatic N) is 1. The molecule has 0 amide bonds. The van der Waals surface area contributed by atoms with E-state index in [9.17, 15) is 13.9 Å². The Morgan fingerprint density at radius 3 is 2.52 bits per heavy atom. The van der Waals surface area contributed by atoms with Gasteiger partial charge in [-0.15, -0.1) is 0 Å². The van der Waals surface area contributed by atoms with Gasteiger partial charge in [-0.2, -0.15) is 0 Å². The summed E-state index contributed by atoms with van der Waals surface area (Å²) in [6, 6.07) is 9.33. The number of aromatic nitrogens is 1. The average molecular weight is 427 g/mol. The molecule has 31 heavy (non-hydrogen) atoms. The number of benzene rings is 2. The second-order valence-corrected chi connectivity index (χ2v) is 9.43. The van der Waals surface area contributed by atoms with Crippen LogP contribution in [-0.2, 0) is 20.5 Å². The fraction of sp³-hybridized carbons (Fsp3) is 0.440. The highest BCUT2D eigenvalue weighted by atomic mass is 19.2. The highest BCUT2D eigenvalue weighted by molar-refractivity contribution is 5.94. The minimum Gasteiger partial charge on any atom is -0.507 e. The summed E-state index contributed by atoms with van der Waals surface area (Å²) < 4.78 is 42.1. The predicted octanol–water partition coefficient (Wildman–Crippen LogP) is 5.71. The first-order valence-electron chi connectivity index (χ1n) is 10.8. The molecule has 1 saturated carbocycles. The Bertz CT molecular complexity index is 1160. The smallest absolute Gasteiger partial charge is 0.160 e. The molecule has 0 atom stereocenters. The van der Waals surface area contributed by atoms with E-state index in [4.69, 9.17) is 9.47 Å². The normalized spacial score (nSPS) is 25.1. The molecule has 5 rings (SSSR count). The molecule has 2 heterocycles. The van der Waals surface area contributed by atoms with Crippen LogP contribution >= 0.6 is 0 Å². The first-order valence-corrected chi connectivity index (χ1v) is 10.8. The SMILES string of the molecule is COC1CCC2(CC1)OCC(C)(C)c1c2c2c(O)cccc2n1-c1ccc(F)c(F)c1. The Balaban J connectivity index is 1.85. The van der Waals surface area contributed by atoms with E-state index in [2.05, 4.69) is 13.8 Å². The van der Waals surface area contributed by atoms with Gasteiger partial charge in [0.25, 0.3) is 0 Å². The van der Waals surface area contributed by atoms with Crippen LogP contribution in [0.4, 0.5) is 8.78 Å². The number of fused-ring (bicyclic) bond motifs is 4. The summed E-state index contributed by atoms with van der Waals surface area (Å²) in [5, 5.41) is 11.7. The van der Waals surface area contributed by atoms with E-state index in [0.717, 1.165) is 53.9 Å². The summed E-state index contributed by atoms with van der Waals surface area (Å²) in [6.45, 7) is 4.68. The minimum absolute atomic E-state index is 0.171. The van der Waals surface area contributed by atoms with Crippen LogP contribution in [0, 0.1) is 11.6 Å². The summed E-state index contributed by atoms with van der Waals surface area (Å²) in [7, 11) is 1.74. The number of hydrogen-bond acceptors (Lipinski definition) is 3. The Hall–Kier alpha value is -2.44. The summed E-state index contributed by atoms with van der Waals surface area (Å²) in [4.78, 5) is 0. The van der Waals surface area contributed by atoms with Gasteiger partial charge in [-0.25, -0.2) is 8.78 Å². The number of phenols is 1. The van der Waals surface area contributed by atoms with Crippen LogP contribution < -0.4 is 0 Å². The Labute approximate surface area is 180 Å². The largest absolute Gasteiger partial charge is 0.507 e. The van der Waals surface area contributed by atoms with Crippen molar-refractivity contribution in [3.63, 3.8) is 0 Å². The number of ether oxygens (including phenoxy) is 2. The van der Waals surface area contributed by atoms with Crippen LogP contribution in [0.2, 0.25) is 0 Å². The molecule has 1 fully saturated rings. The Kier molecular flexibility index (Phi) is 4.65. The third kappa shape index (κ3) is 2.99. The van der Waals surface area contributed by atoms with Crippen LogP contribution in [0.3, 0.4) is 0 Å². The molecule has 1 N–H and O–H groups in total. The first-order chi connectivity index (χ1) is 14.8. The second kappa shape index (κ2) is 7.04. The maximum atomic E-state index is 14.2. The van der Waals surface area contributed by atoms with Crippen molar-refractivity contribution in [2.45, 2.75) is 56.7 Å². The third-order valence-corrected chi connectivity index (χ3v) is 7.01. The molecule has 1 spiro atoms. The molecule has 1 aromatic heterocycles. The average Bonchev–Trinajstić information content (AvgIpc) is 3.13. The molecule has 0 bridgehead atoms. The molecule has 1 aliphatic heterocycles. The topological polar surface area (TPSA) is 43.6 Å². The number of rotatable bonds is 2. The van der Waals surface area contributed by atoms with Gasteiger partial charge in [0.05, 0.1) is 23.8 Å².